The van der Waals surface area contributed by atoms with Crippen LogP contribution in [0.1, 0.15) is 46.3 Å². The molecule has 1 heterocycles. The maximum Gasteiger partial charge on any atom is 0.253 e. The Hall–Kier alpha value is -3.02. The fourth-order valence-electron chi connectivity index (χ4n) is 3.80. The van der Waals surface area contributed by atoms with Gasteiger partial charge in [-0.05, 0) is 67.5 Å². The summed E-state index contributed by atoms with van der Waals surface area (Å²) in [6.45, 7) is 5.22. The van der Waals surface area contributed by atoms with Gasteiger partial charge in [-0.1, -0.05) is 24.3 Å². The summed E-state index contributed by atoms with van der Waals surface area (Å²) in [6, 6.07) is 14.2. The summed E-state index contributed by atoms with van der Waals surface area (Å²) >= 11 is 0. The lowest BCUT2D eigenvalue weighted by Gasteiger charge is -2.26. The fourth-order valence-corrected chi connectivity index (χ4v) is 3.80. The zero-order valence-electron chi connectivity index (χ0n) is 18.9. The Bertz CT molecular complexity index is 887. The monoisotopic (exact) mass is 422 g/mol. The molecule has 2 aromatic rings. The summed E-state index contributed by atoms with van der Waals surface area (Å²) in [4.78, 5) is 18.9. The number of carbonyl (C=O) groups is 1. The molecule has 6 nitrogen and oxygen atoms in total. The van der Waals surface area contributed by atoms with Gasteiger partial charge in [-0.15, -0.1) is 0 Å². The Kier molecular flexibility index (Phi) is 8.33. The van der Waals surface area contributed by atoms with Gasteiger partial charge in [0.15, 0.2) is 5.96 Å². The van der Waals surface area contributed by atoms with E-state index in [2.05, 4.69) is 33.8 Å². The molecule has 166 valence electrons. The van der Waals surface area contributed by atoms with Gasteiger partial charge in [-0.2, -0.15) is 0 Å². The van der Waals surface area contributed by atoms with E-state index in [4.69, 9.17) is 4.74 Å². The highest BCUT2D eigenvalue weighted by Gasteiger charge is 2.17. The van der Waals surface area contributed by atoms with E-state index in [1.165, 1.54) is 12.0 Å². The number of nitrogens with zero attached hydrogens (tertiary/aromatic N) is 2. The zero-order valence-corrected chi connectivity index (χ0v) is 18.9. The first-order valence-corrected chi connectivity index (χ1v) is 11.1. The minimum atomic E-state index is 0.143. The van der Waals surface area contributed by atoms with Crippen molar-refractivity contribution >= 4 is 11.9 Å². The molecule has 2 N–H and O–H groups in total. The number of amides is 1. The number of likely N-dealkylation sites (tertiary alicyclic amines) is 1. The molecule has 1 aliphatic heterocycles. The lowest BCUT2D eigenvalue weighted by atomic mass is 10.1. The summed E-state index contributed by atoms with van der Waals surface area (Å²) in [6.07, 6.45) is 4.32. The van der Waals surface area contributed by atoms with Gasteiger partial charge in [-0.25, -0.2) is 0 Å². The molecule has 1 aliphatic rings. The molecule has 1 fully saturated rings. The van der Waals surface area contributed by atoms with Crippen LogP contribution in [0.2, 0.25) is 0 Å². The third-order valence-electron chi connectivity index (χ3n) is 5.71. The van der Waals surface area contributed by atoms with Crippen LogP contribution in [-0.2, 0) is 13.0 Å². The number of hydrogen-bond donors (Lipinski definition) is 2. The summed E-state index contributed by atoms with van der Waals surface area (Å²) in [5, 5.41) is 6.68. The quantitative estimate of drug-likeness (QED) is 0.529. The van der Waals surface area contributed by atoms with Gasteiger partial charge in [0.1, 0.15) is 5.75 Å². The first-order valence-electron chi connectivity index (χ1n) is 11.1. The number of piperidine rings is 1. The number of benzene rings is 2. The molecule has 3 rings (SSSR count). The van der Waals surface area contributed by atoms with Crippen LogP contribution in [0.5, 0.6) is 5.75 Å². The van der Waals surface area contributed by atoms with Crippen molar-refractivity contribution in [2.45, 2.75) is 39.2 Å². The third-order valence-corrected chi connectivity index (χ3v) is 5.71. The second kappa shape index (κ2) is 11.4. The number of aryl methyl sites for hydroxylation is 1. The van der Waals surface area contributed by atoms with Crippen molar-refractivity contribution < 1.29 is 9.53 Å². The highest BCUT2D eigenvalue weighted by atomic mass is 16.5. The highest BCUT2D eigenvalue weighted by molar-refractivity contribution is 5.94. The van der Waals surface area contributed by atoms with Gasteiger partial charge in [0, 0.05) is 38.8 Å². The molecular formula is C25H34N4O2. The smallest absolute Gasteiger partial charge is 0.253 e. The molecule has 1 saturated heterocycles. The van der Waals surface area contributed by atoms with E-state index in [0.717, 1.165) is 67.3 Å². The predicted octanol–water partition coefficient (Wildman–Crippen LogP) is 3.54. The molecule has 0 radical (unpaired) electrons. The number of carbonyl (C=O) groups excluding carboxylic acids is 1. The van der Waals surface area contributed by atoms with Gasteiger partial charge in [0.25, 0.3) is 5.91 Å². The number of ether oxygens (including phenoxy) is 1. The molecule has 0 atom stereocenters. The molecule has 1 amide bonds. The molecule has 2 aromatic carbocycles. The summed E-state index contributed by atoms with van der Waals surface area (Å²) < 4.78 is 5.40. The topological polar surface area (TPSA) is 66.0 Å². The Morgan fingerprint density at radius 2 is 1.74 bits per heavy atom. The van der Waals surface area contributed by atoms with E-state index in [0.29, 0.717) is 6.54 Å². The van der Waals surface area contributed by atoms with E-state index in [1.807, 2.05) is 36.1 Å². The van der Waals surface area contributed by atoms with Crippen molar-refractivity contribution in [3.05, 3.63) is 64.7 Å². The van der Waals surface area contributed by atoms with Gasteiger partial charge in [-0.3, -0.25) is 9.79 Å². The number of nitrogens with one attached hydrogen (secondary N) is 2. The Morgan fingerprint density at radius 1 is 1.03 bits per heavy atom. The van der Waals surface area contributed by atoms with Crippen molar-refractivity contribution in [1.29, 1.82) is 0 Å². The summed E-state index contributed by atoms with van der Waals surface area (Å²) in [5.74, 6) is 1.82. The lowest BCUT2D eigenvalue weighted by molar-refractivity contribution is 0.0724. The van der Waals surface area contributed by atoms with Crippen LogP contribution in [0.25, 0.3) is 0 Å². The van der Waals surface area contributed by atoms with E-state index in [9.17, 15) is 4.79 Å². The fraction of sp³-hybridized carbons (Fsp3) is 0.440. The molecule has 6 heteroatoms. The molecule has 0 unspecified atom stereocenters. The average molecular weight is 423 g/mol. The van der Waals surface area contributed by atoms with Crippen molar-refractivity contribution in [2.75, 3.05) is 33.8 Å². The van der Waals surface area contributed by atoms with Crippen LogP contribution in [0, 0.1) is 6.92 Å². The SMILES string of the molecule is CN=C(NCCc1ccc(C)c(OC)c1)NCc1ccc(C(=O)N2CCCCC2)cc1. The van der Waals surface area contributed by atoms with E-state index < -0.39 is 0 Å². The standard InChI is InChI=1S/C25H34N4O2/c1-19-7-8-20(17-23(19)31-3)13-14-27-25(26-2)28-18-21-9-11-22(12-10-21)24(30)29-15-5-4-6-16-29/h7-12,17H,4-6,13-16,18H2,1-3H3,(H2,26,27,28). The molecule has 31 heavy (non-hydrogen) atoms. The van der Waals surface area contributed by atoms with Gasteiger partial charge < -0.3 is 20.3 Å². The Labute approximate surface area is 185 Å². The largest absolute Gasteiger partial charge is 0.496 e. The van der Waals surface area contributed by atoms with Gasteiger partial charge >= 0.3 is 0 Å². The van der Waals surface area contributed by atoms with Crippen LogP contribution in [0.3, 0.4) is 0 Å². The molecule has 0 bridgehead atoms. The Morgan fingerprint density at radius 3 is 2.42 bits per heavy atom. The Balaban J connectivity index is 1.45. The normalized spacial score (nSPS) is 14.3. The maximum absolute atomic E-state index is 12.6. The second-order valence-corrected chi connectivity index (χ2v) is 7.96. The van der Waals surface area contributed by atoms with Crippen molar-refractivity contribution in [3.8, 4) is 5.75 Å². The molecular weight excluding hydrogens is 388 g/mol. The maximum atomic E-state index is 12.6. The first-order chi connectivity index (χ1) is 15.1. The second-order valence-electron chi connectivity index (χ2n) is 7.96. The minimum Gasteiger partial charge on any atom is -0.496 e. The molecule has 0 aromatic heterocycles. The molecule has 0 spiro atoms. The number of methoxy groups -OCH3 is 1. The lowest BCUT2D eigenvalue weighted by Crippen LogP contribution is -2.38. The number of guanidine groups is 1. The summed E-state index contributed by atoms with van der Waals surface area (Å²) in [5.41, 5.74) is 4.24. The summed E-state index contributed by atoms with van der Waals surface area (Å²) in [7, 11) is 3.47. The third kappa shape index (κ3) is 6.48. The average Bonchev–Trinajstić information content (AvgIpc) is 2.82. The zero-order chi connectivity index (χ0) is 22.1. The predicted molar refractivity (Wildman–Crippen MR) is 126 cm³/mol. The molecule has 0 saturated carbocycles. The van der Waals surface area contributed by atoms with E-state index >= 15 is 0 Å². The molecule has 0 aliphatic carbocycles. The van der Waals surface area contributed by atoms with Gasteiger partial charge in [0.05, 0.1) is 7.11 Å². The van der Waals surface area contributed by atoms with Gasteiger partial charge in [0.2, 0.25) is 0 Å². The van der Waals surface area contributed by atoms with Crippen molar-refractivity contribution in [1.82, 2.24) is 15.5 Å². The van der Waals surface area contributed by atoms with Crippen LogP contribution >= 0.6 is 0 Å². The van der Waals surface area contributed by atoms with Crippen molar-refractivity contribution in [3.63, 3.8) is 0 Å². The van der Waals surface area contributed by atoms with Crippen LogP contribution in [0.15, 0.2) is 47.5 Å². The highest BCUT2D eigenvalue weighted by Crippen LogP contribution is 2.19. The van der Waals surface area contributed by atoms with Crippen LogP contribution < -0.4 is 15.4 Å². The van der Waals surface area contributed by atoms with Crippen LogP contribution in [0.4, 0.5) is 0 Å². The first kappa shape index (κ1) is 22.7. The van der Waals surface area contributed by atoms with E-state index in [-0.39, 0.29) is 5.91 Å². The number of hydrogen-bond acceptors (Lipinski definition) is 3. The van der Waals surface area contributed by atoms with E-state index in [1.54, 1.807) is 14.2 Å². The van der Waals surface area contributed by atoms with Crippen molar-refractivity contribution in [2.24, 2.45) is 4.99 Å². The number of rotatable bonds is 7. The minimum absolute atomic E-state index is 0.143. The number of aliphatic imine (C=N–C) groups is 1. The van der Waals surface area contributed by atoms with Crippen LogP contribution in [-0.4, -0.2) is 50.6 Å².